The number of nitriles is 1. The van der Waals surface area contributed by atoms with E-state index in [0.717, 1.165) is 41.9 Å². The van der Waals surface area contributed by atoms with Crippen LogP contribution in [-0.4, -0.2) is 15.6 Å². The van der Waals surface area contributed by atoms with Crippen LogP contribution in [0.1, 0.15) is 77.2 Å². The van der Waals surface area contributed by atoms with Crippen molar-refractivity contribution in [1.29, 1.82) is 5.26 Å². The molecule has 156 valence electrons. The topological polar surface area (TPSA) is 58.7 Å². The summed E-state index contributed by atoms with van der Waals surface area (Å²) in [6, 6.07) is 2.10. The van der Waals surface area contributed by atoms with Gasteiger partial charge < -0.3 is 0 Å². The van der Waals surface area contributed by atoms with Gasteiger partial charge in [0.1, 0.15) is 6.07 Å². The van der Waals surface area contributed by atoms with Gasteiger partial charge in [-0.2, -0.15) is 10.4 Å². The normalized spacial score (nSPS) is 43.7. The minimum Gasteiger partial charge on any atom is -0.297 e. The predicted molar refractivity (Wildman–Crippen MR) is 112 cm³/mol. The lowest BCUT2D eigenvalue weighted by molar-refractivity contribution is -0.131. The minimum atomic E-state index is 0.173. The third-order valence-corrected chi connectivity index (χ3v) is 9.69. The fourth-order valence-corrected chi connectivity index (χ4v) is 8.39. The summed E-state index contributed by atoms with van der Waals surface area (Å²) in [6.07, 6.45) is 15.3. The second-order valence-corrected chi connectivity index (χ2v) is 11.0. The van der Waals surface area contributed by atoms with Gasteiger partial charge in [0.2, 0.25) is 0 Å². The van der Waals surface area contributed by atoms with Crippen molar-refractivity contribution in [1.82, 2.24) is 9.78 Å². The Balaban J connectivity index is 1.31. The van der Waals surface area contributed by atoms with E-state index < -0.39 is 0 Å². The summed E-state index contributed by atoms with van der Waals surface area (Å²) in [4.78, 5) is 13.3. The van der Waals surface area contributed by atoms with E-state index in [2.05, 4.69) is 25.0 Å². The van der Waals surface area contributed by atoms with Gasteiger partial charge in [-0.05, 0) is 92.3 Å². The fraction of sp³-hybridized carbons (Fsp3) is 0.800. The molecule has 0 aliphatic heterocycles. The van der Waals surface area contributed by atoms with Gasteiger partial charge in [-0.15, -0.1) is 0 Å². The number of aromatic nitrogens is 2. The summed E-state index contributed by atoms with van der Waals surface area (Å²) in [6.45, 7) is 5.21. The van der Waals surface area contributed by atoms with Gasteiger partial charge in [0.25, 0.3) is 0 Å². The van der Waals surface area contributed by atoms with Crippen molar-refractivity contribution in [3.05, 3.63) is 18.0 Å². The average molecular weight is 394 g/mol. The molecule has 4 fully saturated rings. The molecule has 1 aromatic rings. The van der Waals surface area contributed by atoms with Crippen LogP contribution >= 0.6 is 0 Å². The quantitative estimate of drug-likeness (QED) is 0.706. The number of nitrogens with zero attached hydrogens (tertiary/aromatic N) is 3. The van der Waals surface area contributed by atoms with E-state index in [4.69, 9.17) is 5.26 Å². The van der Waals surface area contributed by atoms with Crippen LogP contribution in [-0.2, 0) is 11.3 Å². The third-order valence-electron chi connectivity index (χ3n) is 9.69. The maximum atomic E-state index is 13.3. The van der Waals surface area contributed by atoms with E-state index in [1.807, 2.05) is 0 Å². The molecular weight excluding hydrogens is 358 g/mol. The molecule has 29 heavy (non-hydrogen) atoms. The Morgan fingerprint density at radius 3 is 2.79 bits per heavy atom. The SMILES string of the molecule is CC1CCC2C(CCC3C2CC[C@]2(C)[C@@H](C(=O)Cn4cc(C#N)cn4)CC[C@@H]32)C1. The monoisotopic (exact) mass is 393 g/mol. The molecule has 0 N–H and O–H groups in total. The Labute approximate surface area is 175 Å². The molecule has 1 heterocycles. The number of carbonyl (C=O) groups is 1. The highest BCUT2D eigenvalue weighted by molar-refractivity contribution is 5.82. The van der Waals surface area contributed by atoms with E-state index in [1.54, 1.807) is 17.1 Å². The molecule has 4 nitrogen and oxygen atoms in total. The van der Waals surface area contributed by atoms with Crippen molar-refractivity contribution >= 4 is 5.78 Å². The molecule has 5 rings (SSSR count). The molecular formula is C25H35N3O. The molecule has 4 aliphatic carbocycles. The van der Waals surface area contributed by atoms with Crippen LogP contribution in [0, 0.1) is 58.2 Å². The second-order valence-electron chi connectivity index (χ2n) is 11.0. The Morgan fingerprint density at radius 2 is 2.00 bits per heavy atom. The number of hydrogen-bond acceptors (Lipinski definition) is 3. The zero-order valence-electron chi connectivity index (χ0n) is 18.0. The van der Waals surface area contributed by atoms with Crippen LogP contribution in [0.5, 0.6) is 0 Å². The van der Waals surface area contributed by atoms with Crippen LogP contribution in [0.2, 0.25) is 0 Å². The van der Waals surface area contributed by atoms with Crippen LogP contribution in [0.3, 0.4) is 0 Å². The number of hydrogen-bond donors (Lipinski definition) is 0. The summed E-state index contributed by atoms with van der Waals surface area (Å²) < 4.78 is 1.66. The number of carbonyl (C=O) groups excluding carboxylic acids is 1. The lowest BCUT2D eigenvalue weighted by Gasteiger charge is -2.56. The Hall–Kier alpha value is -1.63. The average Bonchev–Trinajstić information content (AvgIpc) is 3.30. The van der Waals surface area contributed by atoms with Gasteiger partial charge >= 0.3 is 0 Å². The molecule has 8 atom stereocenters. The first kappa shape index (κ1) is 19.3. The van der Waals surface area contributed by atoms with Crippen molar-refractivity contribution in [2.24, 2.45) is 46.8 Å². The molecule has 0 amide bonds. The van der Waals surface area contributed by atoms with Crippen molar-refractivity contribution in [2.45, 2.75) is 78.2 Å². The van der Waals surface area contributed by atoms with Crippen LogP contribution in [0.15, 0.2) is 12.4 Å². The lowest BCUT2D eigenvalue weighted by atomic mass is 9.49. The standard InChI is InChI=1S/C25H35N3O/c1-16-3-5-19-18(11-16)4-6-21-20(19)9-10-25(2)22(21)7-8-23(25)24(29)15-28-14-17(12-26)13-27-28/h13-14,16,18-23H,3-11,15H2,1-2H3/t16?,18?,19?,20?,21?,22-,23+,25-/m0/s1. The molecule has 4 heteroatoms. The molecule has 5 unspecified atom stereocenters. The number of rotatable bonds is 3. The lowest BCUT2D eigenvalue weighted by Crippen LogP contribution is -2.49. The van der Waals surface area contributed by atoms with Crippen molar-refractivity contribution in [3.63, 3.8) is 0 Å². The van der Waals surface area contributed by atoms with Gasteiger partial charge in [-0.3, -0.25) is 9.48 Å². The van der Waals surface area contributed by atoms with Crippen molar-refractivity contribution in [2.75, 3.05) is 0 Å². The van der Waals surface area contributed by atoms with Gasteiger partial charge in [0.05, 0.1) is 18.3 Å². The van der Waals surface area contributed by atoms with Gasteiger partial charge in [-0.1, -0.05) is 20.3 Å². The number of ketones is 1. The van der Waals surface area contributed by atoms with Crippen LogP contribution in [0.4, 0.5) is 0 Å². The molecule has 0 bridgehead atoms. The maximum Gasteiger partial charge on any atom is 0.157 e. The summed E-state index contributed by atoms with van der Waals surface area (Å²) in [5, 5.41) is 13.2. The van der Waals surface area contributed by atoms with E-state index in [-0.39, 0.29) is 11.3 Å². The molecule has 1 aromatic heterocycles. The highest BCUT2D eigenvalue weighted by Gasteiger charge is 2.58. The molecule has 4 saturated carbocycles. The van der Waals surface area contributed by atoms with E-state index in [0.29, 0.717) is 17.9 Å². The Kier molecular flexibility index (Phi) is 4.84. The first-order valence-electron chi connectivity index (χ1n) is 11.9. The fourth-order valence-electron chi connectivity index (χ4n) is 8.39. The maximum absolute atomic E-state index is 13.3. The summed E-state index contributed by atoms with van der Waals surface area (Å²) in [7, 11) is 0. The third kappa shape index (κ3) is 3.16. The van der Waals surface area contributed by atoms with E-state index >= 15 is 0 Å². The summed E-state index contributed by atoms with van der Waals surface area (Å²) in [5.74, 6) is 5.92. The summed E-state index contributed by atoms with van der Waals surface area (Å²) >= 11 is 0. The second kappa shape index (κ2) is 7.25. The van der Waals surface area contributed by atoms with Gasteiger partial charge in [0.15, 0.2) is 5.78 Å². The largest absolute Gasteiger partial charge is 0.297 e. The molecule has 0 spiro atoms. The first-order valence-corrected chi connectivity index (χ1v) is 11.9. The molecule has 4 aliphatic rings. The highest BCUT2D eigenvalue weighted by atomic mass is 16.1. The van der Waals surface area contributed by atoms with E-state index in [9.17, 15) is 4.79 Å². The predicted octanol–water partition coefficient (Wildman–Crippen LogP) is 5.23. The highest BCUT2D eigenvalue weighted by Crippen LogP contribution is 2.64. The number of fused-ring (bicyclic) bond motifs is 5. The Bertz CT molecular complexity index is 822. The summed E-state index contributed by atoms with van der Waals surface area (Å²) in [5.41, 5.74) is 0.713. The zero-order chi connectivity index (χ0) is 20.2. The van der Waals surface area contributed by atoms with Crippen LogP contribution < -0.4 is 0 Å². The zero-order valence-corrected chi connectivity index (χ0v) is 18.0. The van der Waals surface area contributed by atoms with E-state index in [1.165, 1.54) is 51.4 Å². The smallest absolute Gasteiger partial charge is 0.157 e. The van der Waals surface area contributed by atoms with Gasteiger partial charge in [-0.25, -0.2) is 0 Å². The number of Topliss-reactive ketones (excluding diaryl/α,β-unsaturated/α-hetero) is 1. The van der Waals surface area contributed by atoms with Gasteiger partial charge in [0, 0.05) is 12.1 Å². The molecule has 0 radical (unpaired) electrons. The first-order chi connectivity index (χ1) is 14.0. The molecule has 0 saturated heterocycles. The molecule has 0 aromatic carbocycles. The Morgan fingerprint density at radius 1 is 1.17 bits per heavy atom. The van der Waals surface area contributed by atoms with Crippen molar-refractivity contribution < 1.29 is 4.79 Å². The van der Waals surface area contributed by atoms with Crippen LogP contribution in [0.25, 0.3) is 0 Å². The van der Waals surface area contributed by atoms with Crippen molar-refractivity contribution in [3.8, 4) is 6.07 Å². The minimum absolute atomic E-state index is 0.173.